The second kappa shape index (κ2) is 5.56. The maximum Gasteiger partial charge on any atom is 0.303 e. The Morgan fingerprint density at radius 2 is 2.24 bits per heavy atom. The molecule has 2 aromatic rings. The number of carboxylic acid groups (broad SMARTS) is 1. The lowest BCUT2D eigenvalue weighted by Gasteiger charge is -2.12. The lowest BCUT2D eigenvalue weighted by Crippen LogP contribution is -2.11. The Bertz CT molecular complexity index is 682. The maximum absolute atomic E-state index is 10.9. The van der Waals surface area contributed by atoms with Gasteiger partial charge in [-0.3, -0.25) is 4.79 Å². The quantitative estimate of drug-likeness (QED) is 0.826. The maximum atomic E-state index is 10.9. The number of aromatic nitrogens is 1. The number of ether oxygens (including phenoxy) is 1. The average molecular weight is 303 g/mol. The first-order valence-corrected chi connectivity index (χ1v) is 7.88. The van der Waals surface area contributed by atoms with Gasteiger partial charge in [0.15, 0.2) is 0 Å². The normalized spacial score (nSPS) is 15.9. The fourth-order valence-corrected chi connectivity index (χ4v) is 3.77. The van der Waals surface area contributed by atoms with Crippen LogP contribution in [0, 0.1) is 5.41 Å². The second-order valence-corrected chi connectivity index (χ2v) is 6.53. The highest BCUT2D eigenvalue weighted by molar-refractivity contribution is 7.99. The summed E-state index contributed by atoms with van der Waals surface area (Å²) in [6, 6.07) is 7.90. The highest BCUT2D eigenvalue weighted by Gasteiger charge is 2.44. The number of pyridine rings is 1. The molecule has 3 rings (SSSR count). The van der Waals surface area contributed by atoms with E-state index in [0.717, 1.165) is 40.1 Å². The number of aliphatic carboxylic acids is 1. The molecule has 0 unspecified atom stereocenters. The zero-order chi connectivity index (χ0) is 14.9. The van der Waals surface area contributed by atoms with Gasteiger partial charge in [0.25, 0.3) is 0 Å². The number of thioether (sulfide) groups is 1. The van der Waals surface area contributed by atoms with Crippen LogP contribution >= 0.6 is 11.8 Å². The minimum atomic E-state index is -0.705. The number of hydrogen-bond donors (Lipinski definition) is 1. The topological polar surface area (TPSA) is 59.4 Å². The van der Waals surface area contributed by atoms with Gasteiger partial charge < -0.3 is 9.84 Å². The number of methoxy groups -OCH3 is 1. The first-order chi connectivity index (χ1) is 10.1. The molecular formula is C16H17NO3S. The number of hydrogen-bond acceptors (Lipinski definition) is 4. The molecule has 5 heteroatoms. The predicted molar refractivity (Wildman–Crippen MR) is 82.9 cm³/mol. The fourth-order valence-electron chi connectivity index (χ4n) is 2.46. The Hall–Kier alpha value is -1.75. The number of nitrogens with zero attached hydrogens (tertiary/aromatic N) is 1. The molecule has 0 radical (unpaired) electrons. The smallest absolute Gasteiger partial charge is 0.303 e. The van der Waals surface area contributed by atoms with Crippen LogP contribution in [0.1, 0.15) is 19.3 Å². The summed E-state index contributed by atoms with van der Waals surface area (Å²) in [4.78, 5) is 15.4. The number of carbonyl (C=O) groups is 1. The number of rotatable bonds is 6. The Kier molecular flexibility index (Phi) is 3.76. The lowest BCUT2D eigenvalue weighted by atomic mass is 10.1. The Morgan fingerprint density at radius 3 is 2.90 bits per heavy atom. The summed E-state index contributed by atoms with van der Waals surface area (Å²) in [6.07, 6.45) is 4.06. The summed E-state index contributed by atoms with van der Waals surface area (Å²) in [5.41, 5.74) is -0.0210. The third-order valence-electron chi connectivity index (χ3n) is 3.93. The Morgan fingerprint density at radius 1 is 1.43 bits per heavy atom. The molecule has 1 aliphatic carbocycles. The molecule has 1 heterocycles. The molecule has 0 atom stereocenters. The predicted octanol–water partition coefficient (Wildman–Crippen LogP) is 3.59. The molecule has 0 bridgehead atoms. The van der Waals surface area contributed by atoms with Crippen LogP contribution in [0.15, 0.2) is 35.5 Å². The summed E-state index contributed by atoms with van der Waals surface area (Å²) in [5.74, 6) is 0.940. The van der Waals surface area contributed by atoms with Crippen molar-refractivity contribution < 1.29 is 14.6 Å². The summed E-state index contributed by atoms with van der Waals surface area (Å²) >= 11 is 1.66. The van der Waals surface area contributed by atoms with E-state index < -0.39 is 5.97 Å². The van der Waals surface area contributed by atoms with Gasteiger partial charge in [0, 0.05) is 17.3 Å². The standard InChI is InChI=1S/C16H17NO3S/c1-20-12-2-3-13-11(8-12)4-7-17-15(13)21-10-16(5-6-16)9-14(18)19/h2-4,7-8H,5-6,9-10H2,1H3,(H,18,19). The lowest BCUT2D eigenvalue weighted by molar-refractivity contribution is -0.138. The van der Waals surface area contributed by atoms with Gasteiger partial charge in [-0.15, -0.1) is 11.8 Å². The van der Waals surface area contributed by atoms with Gasteiger partial charge in [0.05, 0.1) is 13.5 Å². The van der Waals surface area contributed by atoms with Crippen molar-refractivity contribution in [2.45, 2.75) is 24.3 Å². The van der Waals surface area contributed by atoms with Crippen LogP contribution in [0.4, 0.5) is 0 Å². The number of fused-ring (bicyclic) bond motifs is 1. The highest BCUT2D eigenvalue weighted by atomic mass is 32.2. The molecule has 4 nitrogen and oxygen atoms in total. The van der Waals surface area contributed by atoms with Crippen molar-refractivity contribution in [3.63, 3.8) is 0 Å². The second-order valence-electron chi connectivity index (χ2n) is 5.56. The van der Waals surface area contributed by atoms with E-state index in [1.54, 1.807) is 25.1 Å². The van der Waals surface area contributed by atoms with E-state index >= 15 is 0 Å². The Balaban J connectivity index is 1.80. The van der Waals surface area contributed by atoms with Crippen LogP contribution in [0.3, 0.4) is 0 Å². The van der Waals surface area contributed by atoms with E-state index in [2.05, 4.69) is 4.98 Å². The van der Waals surface area contributed by atoms with Gasteiger partial charge in [-0.2, -0.15) is 0 Å². The van der Waals surface area contributed by atoms with Crippen LogP contribution in [0.2, 0.25) is 0 Å². The van der Waals surface area contributed by atoms with Crippen LogP contribution in [-0.2, 0) is 4.79 Å². The molecule has 1 aromatic carbocycles. The Labute approximate surface area is 127 Å². The number of carboxylic acids is 1. The molecule has 1 aromatic heterocycles. The van der Waals surface area contributed by atoms with Crippen LogP contribution in [0.5, 0.6) is 5.75 Å². The van der Waals surface area contributed by atoms with Crippen molar-refractivity contribution >= 4 is 28.5 Å². The zero-order valence-corrected chi connectivity index (χ0v) is 12.7. The van der Waals surface area contributed by atoms with E-state index in [1.807, 2.05) is 24.3 Å². The molecule has 21 heavy (non-hydrogen) atoms. The van der Waals surface area contributed by atoms with Gasteiger partial charge in [-0.05, 0) is 47.9 Å². The minimum Gasteiger partial charge on any atom is -0.497 e. The van der Waals surface area contributed by atoms with E-state index in [0.29, 0.717) is 0 Å². The van der Waals surface area contributed by atoms with E-state index in [9.17, 15) is 4.79 Å². The van der Waals surface area contributed by atoms with E-state index in [-0.39, 0.29) is 11.8 Å². The molecular weight excluding hydrogens is 286 g/mol. The van der Waals surface area contributed by atoms with Crippen molar-refractivity contribution in [1.82, 2.24) is 4.98 Å². The molecule has 1 saturated carbocycles. The first kappa shape index (κ1) is 14.2. The van der Waals surface area contributed by atoms with Crippen LogP contribution < -0.4 is 4.74 Å². The van der Waals surface area contributed by atoms with Gasteiger partial charge in [0.2, 0.25) is 0 Å². The first-order valence-electron chi connectivity index (χ1n) is 6.89. The third-order valence-corrected chi connectivity index (χ3v) is 5.29. The fraction of sp³-hybridized carbons (Fsp3) is 0.375. The van der Waals surface area contributed by atoms with Crippen molar-refractivity contribution in [2.75, 3.05) is 12.9 Å². The van der Waals surface area contributed by atoms with Gasteiger partial charge in [0.1, 0.15) is 10.8 Å². The van der Waals surface area contributed by atoms with Crippen molar-refractivity contribution in [2.24, 2.45) is 5.41 Å². The van der Waals surface area contributed by atoms with Crippen molar-refractivity contribution in [1.29, 1.82) is 0 Å². The molecule has 1 aliphatic rings. The monoisotopic (exact) mass is 303 g/mol. The van der Waals surface area contributed by atoms with E-state index in [4.69, 9.17) is 9.84 Å². The molecule has 0 saturated heterocycles. The minimum absolute atomic E-state index is 0.0210. The summed E-state index contributed by atoms with van der Waals surface area (Å²) < 4.78 is 5.24. The molecule has 1 fully saturated rings. The summed E-state index contributed by atoms with van der Waals surface area (Å²) in [7, 11) is 1.65. The molecule has 1 N–H and O–H groups in total. The van der Waals surface area contributed by atoms with E-state index in [1.165, 1.54) is 0 Å². The van der Waals surface area contributed by atoms with Crippen LogP contribution in [-0.4, -0.2) is 28.9 Å². The molecule has 0 aliphatic heterocycles. The molecule has 110 valence electrons. The third kappa shape index (κ3) is 3.13. The zero-order valence-electron chi connectivity index (χ0n) is 11.8. The summed E-state index contributed by atoms with van der Waals surface area (Å²) in [5, 5.41) is 12.1. The van der Waals surface area contributed by atoms with Crippen molar-refractivity contribution in [3.8, 4) is 5.75 Å². The summed E-state index contributed by atoms with van der Waals surface area (Å²) in [6.45, 7) is 0. The van der Waals surface area contributed by atoms with Crippen molar-refractivity contribution in [3.05, 3.63) is 30.5 Å². The SMILES string of the molecule is COc1ccc2c(SCC3(CC(=O)O)CC3)nccc2c1. The van der Waals surface area contributed by atoms with Gasteiger partial charge >= 0.3 is 5.97 Å². The van der Waals surface area contributed by atoms with Gasteiger partial charge in [-0.1, -0.05) is 0 Å². The highest BCUT2D eigenvalue weighted by Crippen LogP contribution is 2.52. The van der Waals surface area contributed by atoms with Gasteiger partial charge in [-0.25, -0.2) is 4.98 Å². The van der Waals surface area contributed by atoms with Crippen LogP contribution in [0.25, 0.3) is 10.8 Å². The largest absolute Gasteiger partial charge is 0.497 e. The average Bonchev–Trinajstić information content (AvgIpc) is 3.23. The molecule has 0 spiro atoms. The number of benzene rings is 1. The molecule has 0 amide bonds.